The van der Waals surface area contributed by atoms with E-state index in [4.69, 9.17) is 0 Å². The number of carbonyl (C=O) groups excluding carboxylic acids is 2. The number of nitrogens with zero attached hydrogens (tertiary/aromatic N) is 1. The van der Waals surface area contributed by atoms with E-state index in [0.717, 1.165) is 12.8 Å². The number of carboxylic acid groups (broad SMARTS) is 1. The fraction of sp³-hybridized carbons (Fsp3) is 0.500. The second-order valence-corrected chi connectivity index (χ2v) is 7.23. The van der Waals surface area contributed by atoms with Crippen molar-refractivity contribution in [2.45, 2.75) is 25.2 Å². The summed E-state index contributed by atoms with van der Waals surface area (Å²) in [4.78, 5) is 38.0. The Morgan fingerprint density at radius 2 is 2.00 bits per heavy atom. The smallest absolute Gasteiger partial charge is 0.308 e. The summed E-state index contributed by atoms with van der Waals surface area (Å²) in [7, 11) is 0. The van der Waals surface area contributed by atoms with Gasteiger partial charge >= 0.3 is 5.97 Å². The molecule has 0 spiro atoms. The maximum absolute atomic E-state index is 13.4. The van der Waals surface area contributed by atoms with E-state index >= 15 is 0 Å². The third-order valence-corrected chi connectivity index (χ3v) is 5.57. The van der Waals surface area contributed by atoms with E-state index < -0.39 is 23.6 Å². The molecule has 1 aromatic rings. The van der Waals surface area contributed by atoms with Gasteiger partial charge in [-0.3, -0.25) is 14.4 Å². The number of hydrogen-bond acceptors (Lipinski definition) is 3. The number of rotatable bonds is 3. The summed E-state index contributed by atoms with van der Waals surface area (Å²) in [6.07, 6.45) is 2.04. The number of nitrogens with one attached hydrogen (secondary N) is 1. The monoisotopic (exact) mass is 346 g/mol. The quantitative estimate of drug-likeness (QED) is 0.874. The molecule has 1 unspecified atom stereocenters. The van der Waals surface area contributed by atoms with Gasteiger partial charge in [-0.25, -0.2) is 4.39 Å². The van der Waals surface area contributed by atoms with Gasteiger partial charge in [0.2, 0.25) is 11.8 Å². The lowest BCUT2D eigenvalue weighted by atomic mass is 9.89. The highest BCUT2D eigenvalue weighted by Crippen LogP contribution is 2.45. The van der Waals surface area contributed by atoms with Crippen molar-refractivity contribution < 1.29 is 23.9 Å². The predicted octanol–water partition coefficient (Wildman–Crippen LogP) is 1.82. The standard InChI is InChI=1S/C18H19FN2O4/c19-10-3-4-11-12(6-16(22)20-15(11)5-10)17(23)21-7-13(9-1-2-9)14(8-21)18(24)25/h3-5,9,12-14H,1-2,6-8H2,(H,20,22)(H,24,25)/t12?,13-,14+/m1/s1. The third-order valence-electron chi connectivity index (χ3n) is 5.57. The van der Waals surface area contributed by atoms with Crippen LogP contribution in [0.2, 0.25) is 0 Å². The van der Waals surface area contributed by atoms with Crippen molar-refractivity contribution in [3.63, 3.8) is 0 Å². The largest absolute Gasteiger partial charge is 0.481 e. The molecule has 2 amide bonds. The predicted molar refractivity (Wildman–Crippen MR) is 86.3 cm³/mol. The second-order valence-electron chi connectivity index (χ2n) is 7.23. The first kappa shape index (κ1) is 16.1. The number of amides is 2. The maximum Gasteiger partial charge on any atom is 0.308 e. The van der Waals surface area contributed by atoms with E-state index in [1.165, 1.54) is 18.2 Å². The van der Waals surface area contributed by atoms with Gasteiger partial charge in [-0.1, -0.05) is 6.07 Å². The first-order valence-corrected chi connectivity index (χ1v) is 8.55. The van der Waals surface area contributed by atoms with Crippen LogP contribution in [0.4, 0.5) is 10.1 Å². The van der Waals surface area contributed by atoms with Crippen LogP contribution in [0.3, 0.4) is 0 Å². The molecular formula is C18H19FN2O4. The summed E-state index contributed by atoms with van der Waals surface area (Å²) in [5.74, 6) is -2.76. The first-order valence-electron chi connectivity index (χ1n) is 8.55. The Morgan fingerprint density at radius 1 is 1.24 bits per heavy atom. The van der Waals surface area contributed by atoms with E-state index in [2.05, 4.69) is 5.32 Å². The summed E-state index contributed by atoms with van der Waals surface area (Å²) >= 11 is 0. The van der Waals surface area contributed by atoms with Crippen molar-refractivity contribution in [2.75, 3.05) is 18.4 Å². The van der Waals surface area contributed by atoms with E-state index in [0.29, 0.717) is 23.7 Å². The molecule has 0 aromatic heterocycles. The van der Waals surface area contributed by atoms with Gasteiger partial charge in [-0.2, -0.15) is 0 Å². The minimum atomic E-state index is -0.865. The Bertz CT molecular complexity index is 761. The first-order chi connectivity index (χ1) is 11.9. The molecule has 3 aliphatic rings. The second kappa shape index (κ2) is 5.82. The van der Waals surface area contributed by atoms with Gasteiger partial charge in [0, 0.05) is 25.2 Å². The summed E-state index contributed by atoms with van der Waals surface area (Å²) in [6.45, 7) is 0.610. The number of carbonyl (C=O) groups is 3. The zero-order valence-electron chi connectivity index (χ0n) is 13.6. The van der Waals surface area contributed by atoms with Crippen molar-refractivity contribution in [1.82, 2.24) is 4.90 Å². The molecule has 6 nitrogen and oxygen atoms in total. The Morgan fingerprint density at radius 3 is 2.68 bits per heavy atom. The SMILES string of the molecule is O=C1CC(C(=O)N2C[C@H](C(=O)O)[C@@H](C3CC3)C2)c2ccc(F)cc2N1. The molecular weight excluding hydrogens is 327 g/mol. The van der Waals surface area contributed by atoms with Gasteiger partial charge in [0.1, 0.15) is 5.82 Å². The lowest BCUT2D eigenvalue weighted by Crippen LogP contribution is -2.38. The Kier molecular flexibility index (Phi) is 3.74. The van der Waals surface area contributed by atoms with E-state index in [1.807, 2.05) is 0 Å². The van der Waals surface area contributed by atoms with Crippen LogP contribution in [-0.4, -0.2) is 40.9 Å². The van der Waals surface area contributed by atoms with Gasteiger partial charge in [0.25, 0.3) is 0 Å². The normalized spacial score (nSPS) is 28.4. The lowest BCUT2D eigenvalue weighted by molar-refractivity contribution is -0.143. The van der Waals surface area contributed by atoms with Gasteiger partial charge < -0.3 is 15.3 Å². The van der Waals surface area contributed by atoms with Crippen LogP contribution in [0.15, 0.2) is 18.2 Å². The van der Waals surface area contributed by atoms with Gasteiger partial charge in [-0.05, 0) is 42.4 Å². The topological polar surface area (TPSA) is 86.7 Å². The van der Waals surface area contributed by atoms with Crippen LogP contribution in [0, 0.1) is 23.6 Å². The minimum Gasteiger partial charge on any atom is -0.481 e. The van der Waals surface area contributed by atoms with Crippen LogP contribution in [0.1, 0.15) is 30.7 Å². The average molecular weight is 346 g/mol. The van der Waals surface area contributed by atoms with Crippen molar-refractivity contribution in [3.05, 3.63) is 29.6 Å². The van der Waals surface area contributed by atoms with Crippen LogP contribution < -0.4 is 5.32 Å². The fourth-order valence-electron chi connectivity index (χ4n) is 4.15. The van der Waals surface area contributed by atoms with Gasteiger partial charge in [0.05, 0.1) is 11.8 Å². The van der Waals surface area contributed by atoms with Gasteiger partial charge in [-0.15, -0.1) is 0 Å². The number of fused-ring (bicyclic) bond motifs is 1. The molecule has 25 heavy (non-hydrogen) atoms. The average Bonchev–Trinajstić information content (AvgIpc) is 3.31. The number of halogens is 1. The molecule has 4 rings (SSSR count). The van der Waals surface area contributed by atoms with E-state index in [1.54, 1.807) is 4.90 Å². The molecule has 1 saturated heterocycles. The van der Waals surface area contributed by atoms with Crippen LogP contribution in [-0.2, 0) is 14.4 Å². The van der Waals surface area contributed by atoms with Crippen LogP contribution in [0.25, 0.3) is 0 Å². The van der Waals surface area contributed by atoms with E-state index in [9.17, 15) is 23.9 Å². The molecule has 7 heteroatoms. The van der Waals surface area contributed by atoms with Crippen molar-refractivity contribution >= 4 is 23.5 Å². The number of likely N-dealkylation sites (tertiary alicyclic amines) is 1. The number of anilines is 1. The fourth-order valence-corrected chi connectivity index (χ4v) is 4.15. The molecule has 2 N–H and O–H groups in total. The molecule has 132 valence electrons. The number of carboxylic acids is 1. The summed E-state index contributed by atoms with van der Waals surface area (Å²) < 4.78 is 13.4. The molecule has 2 aliphatic heterocycles. The highest BCUT2D eigenvalue weighted by atomic mass is 19.1. The van der Waals surface area contributed by atoms with Crippen molar-refractivity contribution in [3.8, 4) is 0 Å². The molecule has 0 radical (unpaired) electrons. The van der Waals surface area contributed by atoms with Crippen LogP contribution >= 0.6 is 0 Å². The van der Waals surface area contributed by atoms with E-state index in [-0.39, 0.29) is 30.7 Å². The molecule has 2 fully saturated rings. The highest BCUT2D eigenvalue weighted by Gasteiger charge is 2.48. The molecule has 1 saturated carbocycles. The summed E-state index contributed by atoms with van der Waals surface area (Å²) in [5, 5.41) is 12.1. The van der Waals surface area contributed by atoms with Crippen LogP contribution in [0.5, 0.6) is 0 Å². The van der Waals surface area contributed by atoms with Crippen molar-refractivity contribution in [1.29, 1.82) is 0 Å². The Labute approximate surface area is 144 Å². The summed E-state index contributed by atoms with van der Waals surface area (Å²) in [5.41, 5.74) is 0.912. The van der Waals surface area contributed by atoms with Crippen molar-refractivity contribution in [2.24, 2.45) is 17.8 Å². The lowest BCUT2D eigenvalue weighted by Gasteiger charge is -2.28. The Hall–Kier alpha value is -2.44. The molecule has 0 bridgehead atoms. The maximum atomic E-state index is 13.4. The minimum absolute atomic E-state index is 0.000199. The zero-order valence-corrected chi connectivity index (χ0v) is 13.6. The molecule has 2 heterocycles. The number of hydrogen-bond donors (Lipinski definition) is 2. The Balaban J connectivity index is 1.59. The number of benzene rings is 1. The summed E-state index contributed by atoms with van der Waals surface area (Å²) in [6, 6.07) is 4.01. The molecule has 1 aromatic carbocycles. The molecule has 1 aliphatic carbocycles. The highest BCUT2D eigenvalue weighted by molar-refractivity contribution is 6.01. The third kappa shape index (κ3) is 2.88. The zero-order chi connectivity index (χ0) is 17.7. The number of aliphatic carboxylic acids is 1. The molecule has 3 atom stereocenters. The van der Waals surface area contributed by atoms with Gasteiger partial charge in [0.15, 0.2) is 0 Å².